The Morgan fingerprint density at radius 3 is 2.57 bits per heavy atom. The van der Waals surface area contributed by atoms with Crippen LogP contribution in [-0.4, -0.2) is 121 Å². The van der Waals surface area contributed by atoms with Crippen molar-refractivity contribution in [2.45, 2.75) is 113 Å². The third-order valence-electron chi connectivity index (χ3n) is 12.4. The van der Waals surface area contributed by atoms with Crippen molar-refractivity contribution < 1.29 is 41.8 Å². The number of nitrogens with one attached hydrogen (secondary N) is 3. The average Bonchev–Trinajstić information content (AvgIpc) is 4.12. The van der Waals surface area contributed by atoms with E-state index in [2.05, 4.69) is 29.2 Å². The first-order valence-electron chi connectivity index (χ1n) is 21.4. The summed E-state index contributed by atoms with van der Waals surface area (Å²) >= 11 is 1.48. The van der Waals surface area contributed by atoms with Gasteiger partial charge >= 0.3 is 6.03 Å². The summed E-state index contributed by atoms with van der Waals surface area (Å²) in [6.45, 7) is 7.64. The number of urea groups is 1. The number of carbonyl (C=O) groups excluding carboxylic acids is 4. The fourth-order valence-corrected chi connectivity index (χ4v) is 10.8. The maximum Gasteiger partial charge on any atom is 0.318 e. The highest BCUT2D eigenvalue weighted by Gasteiger charge is 2.62. The molecule has 2 saturated heterocycles. The van der Waals surface area contributed by atoms with E-state index in [1.54, 1.807) is 12.0 Å². The molecule has 18 heteroatoms. The van der Waals surface area contributed by atoms with Gasteiger partial charge in [0.05, 0.1) is 43.3 Å². The number of allylic oxidation sites excluding steroid dienone is 1. The molecule has 5 amide bonds. The molecule has 5 aliphatic rings. The summed E-state index contributed by atoms with van der Waals surface area (Å²) in [6, 6.07) is 3.12. The van der Waals surface area contributed by atoms with E-state index in [1.807, 2.05) is 42.7 Å². The Hall–Kier alpha value is -4.81. The second kappa shape index (κ2) is 17.5. The van der Waals surface area contributed by atoms with Gasteiger partial charge in [0, 0.05) is 47.8 Å². The van der Waals surface area contributed by atoms with Crippen molar-refractivity contribution in [2.75, 3.05) is 40.0 Å². The van der Waals surface area contributed by atoms with Gasteiger partial charge in [-0.25, -0.2) is 23.2 Å². The van der Waals surface area contributed by atoms with Crippen molar-refractivity contribution >= 4 is 56.0 Å². The number of benzene rings is 1. The molecule has 3 N–H and O–H groups in total. The molecule has 5 heterocycles. The SMILES string of the molecule is COc1ccc2c(O[C@@H]3C[C@H]4C(=O)N[C@]5(C(=O)NS(=O)(=O)C6CC6)C[C@H]5/C=C\CCCCC[C@H](NC(=O)N5CCOCC5)C(=O)N4C3)cc(-c3nc(C(C)C)cs3)nc2c1C. The summed E-state index contributed by atoms with van der Waals surface area (Å²) in [4.78, 5) is 70.0. The molecule has 2 aromatic heterocycles. The largest absolute Gasteiger partial charge is 0.496 e. The number of carbonyl (C=O) groups is 4. The van der Waals surface area contributed by atoms with E-state index in [-0.39, 0.29) is 31.3 Å². The number of aromatic nitrogens is 2. The molecule has 0 unspecified atom stereocenters. The Bertz CT molecular complexity index is 2320. The lowest BCUT2D eigenvalue weighted by Gasteiger charge is -2.32. The zero-order valence-corrected chi connectivity index (χ0v) is 36.7. The van der Waals surface area contributed by atoms with Gasteiger partial charge in [0.15, 0.2) is 0 Å². The van der Waals surface area contributed by atoms with Crippen LogP contribution in [0, 0.1) is 12.8 Å². The Morgan fingerprint density at radius 2 is 1.85 bits per heavy atom. The van der Waals surface area contributed by atoms with Gasteiger partial charge in [-0.3, -0.25) is 19.1 Å². The highest BCUT2D eigenvalue weighted by Crippen LogP contribution is 2.46. The van der Waals surface area contributed by atoms with Crippen LogP contribution in [0.3, 0.4) is 0 Å². The van der Waals surface area contributed by atoms with Gasteiger partial charge in [0.2, 0.25) is 21.8 Å². The summed E-state index contributed by atoms with van der Waals surface area (Å²) in [7, 11) is -2.31. The molecule has 328 valence electrons. The lowest BCUT2D eigenvalue weighted by molar-refractivity contribution is -0.141. The minimum atomic E-state index is -3.91. The Kier molecular flexibility index (Phi) is 12.3. The number of methoxy groups -OCH3 is 1. The van der Waals surface area contributed by atoms with Gasteiger partial charge in [-0.05, 0) is 63.5 Å². The first-order chi connectivity index (χ1) is 29.3. The quantitative estimate of drug-likeness (QED) is 0.255. The monoisotopic (exact) mass is 877 g/mol. The number of aryl methyl sites for hydroxylation is 1. The van der Waals surface area contributed by atoms with Crippen molar-refractivity contribution in [1.82, 2.24) is 35.1 Å². The fourth-order valence-electron chi connectivity index (χ4n) is 8.51. The average molecular weight is 878 g/mol. The van der Waals surface area contributed by atoms with Crippen molar-refractivity contribution in [3.8, 4) is 22.2 Å². The van der Waals surface area contributed by atoms with Crippen LogP contribution in [-0.2, 0) is 29.1 Å². The van der Waals surface area contributed by atoms with E-state index >= 15 is 0 Å². The number of fused-ring (bicyclic) bond motifs is 3. The molecule has 2 saturated carbocycles. The van der Waals surface area contributed by atoms with Crippen molar-refractivity contribution in [3.05, 3.63) is 47.0 Å². The third-order valence-corrected chi connectivity index (χ3v) is 15.1. The second-order valence-electron chi connectivity index (χ2n) is 17.1. The molecule has 2 aliphatic carbocycles. The van der Waals surface area contributed by atoms with Crippen LogP contribution in [0.1, 0.15) is 88.8 Å². The Morgan fingerprint density at radius 1 is 1.07 bits per heavy atom. The molecule has 4 fully saturated rings. The zero-order chi connectivity index (χ0) is 43.1. The van der Waals surface area contributed by atoms with Crippen LogP contribution >= 0.6 is 11.3 Å². The van der Waals surface area contributed by atoms with Crippen LogP contribution in [0.15, 0.2) is 35.7 Å². The molecule has 5 atom stereocenters. The van der Waals surface area contributed by atoms with Gasteiger partial charge in [-0.2, -0.15) is 0 Å². The molecule has 61 heavy (non-hydrogen) atoms. The van der Waals surface area contributed by atoms with E-state index in [0.29, 0.717) is 91.5 Å². The highest BCUT2D eigenvalue weighted by atomic mass is 32.2. The van der Waals surface area contributed by atoms with Crippen LogP contribution in [0.5, 0.6) is 11.5 Å². The van der Waals surface area contributed by atoms with E-state index < -0.39 is 62.6 Å². The van der Waals surface area contributed by atoms with Gasteiger partial charge < -0.3 is 34.6 Å². The second-order valence-corrected chi connectivity index (χ2v) is 19.9. The van der Waals surface area contributed by atoms with E-state index in [9.17, 15) is 27.6 Å². The van der Waals surface area contributed by atoms with E-state index in [1.165, 1.54) is 16.2 Å². The lowest BCUT2D eigenvalue weighted by atomic mass is 10.0. The first-order valence-corrected chi connectivity index (χ1v) is 23.8. The smallest absolute Gasteiger partial charge is 0.318 e. The van der Waals surface area contributed by atoms with Gasteiger partial charge in [-0.15, -0.1) is 11.3 Å². The number of nitrogens with zero attached hydrogens (tertiary/aromatic N) is 4. The molecule has 8 rings (SSSR count). The maximum absolute atomic E-state index is 14.9. The predicted molar refractivity (Wildman–Crippen MR) is 229 cm³/mol. The van der Waals surface area contributed by atoms with Gasteiger partial charge in [0.25, 0.3) is 5.91 Å². The van der Waals surface area contributed by atoms with Gasteiger partial charge in [-0.1, -0.05) is 38.8 Å². The number of hydrogen-bond acceptors (Lipinski definition) is 12. The molecule has 0 bridgehead atoms. The molecule has 16 nitrogen and oxygen atoms in total. The number of thiazole rings is 1. The summed E-state index contributed by atoms with van der Waals surface area (Å²) in [5.41, 5.74) is 1.49. The molecular weight excluding hydrogens is 823 g/mol. The number of sulfonamides is 1. The topological polar surface area (TPSA) is 198 Å². The standard InChI is InChI=1S/C43H55N7O9S2/c1-25(2)33-24-60-39(45-33)32-21-36(30-14-15-35(57-4)26(3)37(30)44-32)59-28-20-34-38(51)47-43(41(53)48-61(55,56)29-12-13-29)22-27(43)10-8-6-5-7-9-11-31(40(52)50(34)23-28)46-42(54)49-16-18-58-19-17-49/h8,10,14-15,21,24-25,27-29,31,34H,5-7,9,11-13,16-20,22-23H2,1-4H3,(H,46,54)(H,47,51)(H,48,53)/b10-8-/t27-,28-,31+,34+,43-/m1/s1. The number of morpholine rings is 1. The third kappa shape index (κ3) is 9.07. The van der Waals surface area contributed by atoms with Gasteiger partial charge in [0.1, 0.15) is 45.9 Å². The van der Waals surface area contributed by atoms with E-state index in [0.717, 1.165) is 24.1 Å². The number of pyridine rings is 1. The Labute approximate surface area is 360 Å². The maximum atomic E-state index is 14.9. The lowest BCUT2D eigenvalue weighted by Crippen LogP contribution is -2.59. The van der Waals surface area contributed by atoms with Crippen LogP contribution in [0.25, 0.3) is 21.6 Å². The van der Waals surface area contributed by atoms with Crippen LogP contribution < -0.4 is 24.8 Å². The van der Waals surface area contributed by atoms with Crippen LogP contribution in [0.2, 0.25) is 0 Å². The number of hydrogen-bond donors (Lipinski definition) is 3. The van der Waals surface area contributed by atoms with Crippen molar-refractivity contribution in [2.24, 2.45) is 5.92 Å². The van der Waals surface area contributed by atoms with Crippen LogP contribution in [0.4, 0.5) is 4.79 Å². The number of rotatable bonds is 9. The molecule has 1 aromatic carbocycles. The molecule has 0 radical (unpaired) electrons. The summed E-state index contributed by atoms with van der Waals surface area (Å²) in [5, 5.41) is 8.72. The Balaban J connectivity index is 1.14. The predicted octanol–water partition coefficient (Wildman–Crippen LogP) is 4.56. The van der Waals surface area contributed by atoms with Crippen molar-refractivity contribution in [1.29, 1.82) is 0 Å². The van der Waals surface area contributed by atoms with E-state index in [4.69, 9.17) is 24.2 Å². The normalized spacial score (nSPS) is 26.7. The highest BCUT2D eigenvalue weighted by molar-refractivity contribution is 7.91. The minimum absolute atomic E-state index is 0.00245. The molecule has 3 aliphatic heterocycles. The number of amides is 5. The molecular formula is C43H55N7O9S2. The molecule has 3 aromatic rings. The first kappa shape index (κ1) is 42.9. The summed E-state index contributed by atoms with van der Waals surface area (Å²) in [6.07, 6.45) is 7.66. The summed E-state index contributed by atoms with van der Waals surface area (Å²) in [5.74, 6) is -0.902. The zero-order valence-electron chi connectivity index (χ0n) is 35.1. The van der Waals surface area contributed by atoms with Crippen molar-refractivity contribution in [3.63, 3.8) is 0 Å². The fraction of sp³-hybridized carbons (Fsp3) is 0.581. The minimum Gasteiger partial charge on any atom is -0.496 e. The molecule has 0 spiro atoms. The number of ether oxygens (including phenoxy) is 3. The summed E-state index contributed by atoms with van der Waals surface area (Å²) < 4.78 is 46.1.